The van der Waals surface area contributed by atoms with Crippen LogP contribution < -0.4 is 0 Å². The van der Waals surface area contributed by atoms with Crippen molar-refractivity contribution < 1.29 is 4.79 Å². The van der Waals surface area contributed by atoms with Crippen LogP contribution in [0.2, 0.25) is 0 Å². The molecule has 1 atom stereocenters. The van der Waals surface area contributed by atoms with E-state index in [1.807, 2.05) is 23.1 Å². The van der Waals surface area contributed by atoms with E-state index >= 15 is 0 Å². The van der Waals surface area contributed by atoms with Crippen molar-refractivity contribution in [2.45, 2.75) is 38.1 Å². The first-order valence-electron chi connectivity index (χ1n) is 9.19. The monoisotopic (exact) mass is 383 g/mol. The van der Waals surface area contributed by atoms with Gasteiger partial charge in [-0.25, -0.2) is 0 Å². The van der Waals surface area contributed by atoms with E-state index in [2.05, 4.69) is 39.0 Å². The highest BCUT2D eigenvalue weighted by Gasteiger charge is 2.36. The molecule has 4 nitrogen and oxygen atoms in total. The highest BCUT2D eigenvalue weighted by molar-refractivity contribution is 7.10. The molecule has 5 rings (SSSR count). The van der Waals surface area contributed by atoms with Crippen LogP contribution in [0.5, 0.6) is 0 Å². The number of thiophene rings is 2. The normalized spacial score (nSPS) is 19.3. The van der Waals surface area contributed by atoms with Crippen LogP contribution in [0.15, 0.2) is 29.0 Å². The van der Waals surface area contributed by atoms with Gasteiger partial charge in [0.05, 0.1) is 11.7 Å². The minimum Gasteiger partial charge on any atom is -0.325 e. The van der Waals surface area contributed by atoms with Gasteiger partial charge in [-0.2, -0.15) is 5.10 Å². The van der Waals surface area contributed by atoms with Gasteiger partial charge in [-0.3, -0.25) is 9.48 Å². The van der Waals surface area contributed by atoms with Gasteiger partial charge >= 0.3 is 0 Å². The molecule has 0 unspecified atom stereocenters. The molecule has 0 aromatic carbocycles. The molecule has 3 aromatic rings. The van der Waals surface area contributed by atoms with Crippen LogP contribution in [-0.2, 0) is 26.3 Å². The van der Waals surface area contributed by atoms with Gasteiger partial charge in [0.2, 0.25) is 0 Å². The smallest absolute Gasteiger partial charge is 0.273 e. The van der Waals surface area contributed by atoms with Crippen LogP contribution in [-0.4, -0.2) is 27.1 Å². The Morgan fingerprint density at radius 3 is 2.88 bits per heavy atom. The zero-order chi connectivity index (χ0) is 17.7. The summed E-state index contributed by atoms with van der Waals surface area (Å²) < 4.78 is 1.83. The molecule has 0 fully saturated rings. The Bertz CT molecular complexity index is 954. The van der Waals surface area contributed by atoms with Gasteiger partial charge in [0.1, 0.15) is 5.69 Å². The quantitative estimate of drug-likeness (QED) is 0.665. The maximum atomic E-state index is 13.7. The first-order valence-corrected chi connectivity index (χ1v) is 11.0. The van der Waals surface area contributed by atoms with E-state index < -0.39 is 0 Å². The molecule has 6 heteroatoms. The summed E-state index contributed by atoms with van der Waals surface area (Å²) in [7, 11) is 1.92. The summed E-state index contributed by atoms with van der Waals surface area (Å²) >= 11 is 3.55. The number of nitrogens with zero attached hydrogens (tertiary/aromatic N) is 3. The largest absolute Gasteiger partial charge is 0.325 e. The molecule has 4 heterocycles. The lowest BCUT2D eigenvalue weighted by atomic mass is 9.94. The zero-order valence-corrected chi connectivity index (χ0v) is 16.4. The fourth-order valence-electron chi connectivity index (χ4n) is 4.37. The molecule has 1 aliphatic heterocycles. The molecule has 0 bridgehead atoms. The Hall–Kier alpha value is -1.92. The van der Waals surface area contributed by atoms with Crippen molar-refractivity contribution in [2.75, 3.05) is 6.54 Å². The lowest BCUT2D eigenvalue weighted by Crippen LogP contribution is -2.41. The van der Waals surface area contributed by atoms with E-state index in [4.69, 9.17) is 0 Å². The molecule has 2 aliphatic rings. The zero-order valence-electron chi connectivity index (χ0n) is 14.8. The molecule has 26 heavy (non-hydrogen) atoms. The fourth-order valence-corrected chi connectivity index (χ4v) is 6.13. The van der Waals surface area contributed by atoms with Crippen LogP contribution in [0.25, 0.3) is 0 Å². The van der Waals surface area contributed by atoms with Crippen LogP contribution in [0.4, 0.5) is 0 Å². The Morgan fingerprint density at radius 1 is 1.15 bits per heavy atom. The van der Waals surface area contributed by atoms with E-state index in [9.17, 15) is 4.79 Å². The minimum atomic E-state index is 0.0339. The van der Waals surface area contributed by atoms with Gasteiger partial charge in [-0.1, -0.05) is 6.07 Å². The fraction of sp³-hybridized carbons (Fsp3) is 0.400. The molecular weight excluding hydrogens is 362 g/mol. The average Bonchev–Trinajstić information content (AvgIpc) is 3.38. The number of carbonyl (C=O) groups is 1. The van der Waals surface area contributed by atoms with Gasteiger partial charge < -0.3 is 4.90 Å². The molecule has 1 aliphatic carbocycles. The number of aryl methyl sites for hydroxylation is 2. The van der Waals surface area contributed by atoms with Gasteiger partial charge in [0.25, 0.3) is 5.91 Å². The molecule has 0 spiro atoms. The van der Waals surface area contributed by atoms with Crippen molar-refractivity contribution in [3.8, 4) is 0 Å². The summed E-state index contributed by atoms with van der Waals surface area (Å²) in [5.41, 5.74) is 4.42. The molecule has 0 N–H and O–H groups in total. The number of aromatic nitrogens is 2. The van der Waals surface area contributed by atoms with E-state index in [1.54, 1.807) is 11.3 Å². The standard InChI is InChI=1S/C20H21N3OS2/c1-22-19(13-5-2-3-6-15(13)21-22)20(24)23-10-8-16-14(9-12-26-16)18(23)17-7-4-11-25-17/h4,7,9,11-12,18H,2-3,5-6,8,10H2,1H3/t18-/m0/s1. The highest BCUT2D eigenvalue weighted by atomic mass is 32.1. The van der Waals surface area contributed by atoms with Gasteiger partial charge in [-0.15, -0.1) is 22.7 Å². The molecule has 0 saturated heterocycles. The molecule has 1 amide bonds. The first-order chi connectivity index (χ1) is 12.7. The topological polar surface area (TPSA) is 38.1 Å². The highest BCUT2D eigenvalue weighted by Crippen LogP contribution is 2.40. The summed E-state index contributed by atoms with van der Waals surface area (Å²) in [6.45, 7) is 0.773. The first kappa shape index (κ1) is 16.3. The molecule has 134 valence electrons. The maximum absolute atomic E-state index is 13.7. The summed E-state index contributed by atoms with van der Waals surface area (Å²) in [5.74, 6) is 0.137. The van der Waals surface area contributed by atoms with Crippen molar-refractivity contribution in [1.29, 1.82) is 0 Å². The van der Waals surface area contributed by atoms with E-state index in [0.717, 1.165) is 43.6 Å². The van der Waals surface area contributed by atoms with E-state index in [0.29, 0.717) is 0 Å². The molecule has 0 radical (unpaired) electrons. The van der Waals surface area contributed by atoms with Crippen molar-refractivity contribution in [2.24, 2.45) is 7.05 Å². The third-order valence-electron chi connectivity index (χ3n) is 5.56. The van der Waals surface area contributed by atoms with Crippen LogP contribution in [0.3, 0.4) is 0 Å². The number of amides is 1. The summed E-state index contributed by atoms with van der Waals surface area (Å²) in [6.07, 6.45) is 5.26. The Labute approximate surface area is 161 Å². The van der Waals surface area contributed by atoms with Crippen LogP contribution in [0, 0.1) is 0 Å². The average molecular weight is 384 g/mol. The summed E-state index contributed by atoms with van der Waals surface area (Å²) in [4.78, 5) is 18.4. The summed E-state index contributed by atoms with van der Waals surface area (Å²) in [6, 6.07) is 6.46. The SMILES string of the molecule is Cn1nc2c(c1C(=O)N1CCc3sccc3[C@H]1c1cccs1)CCCC2. The predicted molar refractivity (Wildman–Crippen MR) is 105 cm³/mol. The third-order valence-corrected chi connectivity index (χ3v) is 7.48. The second-order valence-corrected chi connectivity index (χ2v) is 9.05. The summed E-state index contributed by atoms with van der Waals surface area (Å²) in [5, 5.41) is 8.92. The lowest BCUT2D eigenvalue weighted by Gasteiger charge is -2.35. The van der Waals surface area contributed by atoms with Gasteiger partial charge in [0, 0.05) is 28.9 Å². The van der Waals surface area contributed by atoms with Crippen molar-refractivity contribution in [1.82, 2.24) is 14.7 Å². The van der Waals surface area contributed by atoms with Crippen molar-refractivity contribution in [3.05, 3.63) is 61.2 Å². The minimum absolute atomic E-state index is 0.0339. The van der Waals surface area contributed by atoms with Gasteiger partial charge in [-0.05, 0) is 60.6 Å². The van der Waals surface area contributed by atoms with Crippen molar-refractivity contribution >= 4 is 28.6 Å². The lowest BCUT2D eigenvalue weighted by molar-refractivity contribution is 0.0686. The second kappa shape index (κ2) is 6.35. The van der Waals surface area contributed by atoms with E-state index in [1.165, 1.54) is 27.3 Å². The van der Waals surface area contributed by atoms with Gasteiger partial charge in [0.15, 0.2) is 0 Å². The third kappa shape index (κ3) is 2.47. The molecular formula is C20H21N3OS2. The predicted octanol–water partition coefficient (Wildman–Crippen LogP) is 4.21. The van der Waals surface area contributed by atoms with Crippen LogP contribution in [0.1, 0.15) is 55.9 Å². The molecule has 0 saturated carbocycles. The maximum Gasteiger partial charge on any atom is 0.273 e. The second-order valence-electron chi connectivity index (χ2n) is 7.07. The molecule has 3 aromatic heterocycles. The number of rotatable bonds is 2. The number of hydrogen-bond acceptors (Lipinski definition) is 4. The number of fused-ring (bicyclic) bond motifs is 2. The van der Waals surface area contributed by atoms with Crippen molar-refractivity contribution in [3.63, 3.8) is 0 Å². The van der Waals surface area contributed by atoms with Crippen LogP contribution >= 0.6 is 22.7 Å². The number of carbonyl (C=O) groups excluding carboxylic acids is 1. The Kier molecular flexibility index (Phi) is 3.98. The Balaban J connectivity index is 1.59. The number of hydrogen-bond donors (Lipinski definition) is 0. The Morgan fingerprint density at radius 2 is 2.04 bits per heavy atom. The van der Waals surface area contributed by atoms with E-state index in [-0.39, 0.29) is 11.9 Å².